The molecule has 0 aliphatic carbocycles. The summed E-state index contributed by atoms with van der Waals surface area (Å²) in [5.74, 6) is -0.501. The molecule has 2 aromatic rings. The molecule has 0 bridgehead atoms. The third-order valence-electron chi connectivity index (χ3n) is 3.54. The normalized spacial score (nSPS) is 10.7. The van der Waals surface area contributed by atoms with E-state index in [1.54, 1.807) is 32.9 Å². The highest BCUT2D eigenvalue weighted by Gasteiger charge is 2.23. The van der Waals surface area contributed by atoms with Gasteiger partial charge in [0.15, 0.2) is 11.6 Å². The zero-order chi connectivity index (χ0) is 16.4. The number of benzene rings is 1. The maximum absolute atomic E-state index is 12.2. The fourth-order valence-corrected chi connectivity index (χ4v) is 3.73. The molecule has 1 aromatic heterocycles. The van der Waals surface area contributed by atoms with Crippen LogP contribution in [0.2, 0.25) is 0 Å². The third-order valence-corrected chi connectivity index (χ3v) is 4.84. The predicted molar refractivity (Wildman–Crippen MR) is 87.1 cm³/mol. The molecule has 0 fully saturated rings. The fraction of sp³-hybridized carbons (Fsp3) is 0.353. The van der Waals surface area contributed by atoms with E-state index in [1.807, 2.05) is 0 Å². The number of thiophene rings is 1. The summed E-state index contributed by atoms with van der Waals surface area (Å²) in [7, 11) is 0. The quantitative estimate of drug-likeness (QED) is 0.613. The largest absolute Gasteiger partial charge is 0.462 e. The predicted octanol–water partition coefficient (Wildman–Crippen LogP) is 4.18. The van der Waals surface area contributed by atoms with Gasteiger partial charge in [-0.25, -0.2) is 4.79 Å². The Balaban J connectivity index is 2.81. The lowest BCUT2D eigenvalue weighted by molar-refractivity contribution is 0.0531. The SMILES string of the molecule is CCOC(=O)c1sc2c(C(C)=O)ccc(C(=O)CC)c2c1C. The Bertz CT molecular complexity index is 771. The monoisotopic (exact) mass is 318 g/mol. The molecule has 2 rings (SSSR count). The number of carbonyl (C=O) groups excluding carboxylic acids is 3. The molecule has 0 aliphatic heterocycles. The summed E-state index contributed by atoms with van der Waals surface area (Å²) in [4.78, 5) is 36.5. The molecule has 1 aromatic carbocycles. The van der Waals surface area contributed by atoms with Gasteiger partial charge in [0.2, 0.25) is 0 Å². The van der Waals surface area contributed by atoms with Crippen LogP contribution >= 0.6 is 11.3 Å². The molecule has 0 saturated heterocycles. The first-order valence-electron chi connectivity index (χ1n) is 7.19. The number of aryl methyl sites for hydroxylation is 1. The van der Waals surface area contributed by atoms with Crippen LogP contribution in [-0.2, 0) is 4.74 Å². The van der Waals surface area contributed by atoms with Crippen molar-refractivity contribution in [3.05, 3.63) is 33.7 Å². The number of ketones is 2. The maximum Gasteiger partial charge on any atom is 0.348 e. The second kappa shape index (κ2) is 6.40. The first-order valence-corrected chi connectivity index (χ1v) is 8.01. The van der Waals surface area contributed by atoms with Crippen molar-refractivity contribution in [2.24, 2.45) is 0 Å². The Morgan fingerprint density at radius 1 is 1.14 bits per heavy atom. The first kappa shape index (κ1) is 16.4. The number of hydrogen-bond acceptors (Lipinski definition) is 5. The van der Waals surface area contributed by atoms with Crippen LogP contribution in [-0.4, -0.2) is 24.1 Å². The Kier molecular flexibility index (Phi) is 4.76. The molecule has 1 heterocycles. The van der Waals surface area contributed by atoms with Gasteiger partial charge < -0.3 is 4.74 Å². The van der Waals surface area contributed by atoms with Crippen LogP contribution in [0.1, 0.15) is 63.1 Å². The molecule has 0 radical (unpaired) electrons. The summed E-state index contributed by atoms with van der Waals surface area (Å²) in [5.41, 5.74) is 1.80. The second-order valence-electron chi connectivity index (χ2n) is 4.97. The average Bonchev–Trinajstić information content (AvgIpc) is 2.83. The minimum Gasteiger partial charge on any atom is -0.462 e. The first-order chi connectivity index (χ1) is 10.4. The molecular weight excluding hydrogens is 300 g/mol. The minimum atomic E-state index is -0.411. The van der Waals surface area contributed by atoms with Crippen molar-refractivity contribution in [2.75, 3.05) is 6.61 Å². The standard InChI is InChI=1S/C17H18O4S/c1-5-13(19)12-8-7-11(10(4)18)16-14(12)9(3)15(22-16)17(20)21-6-2/h7-8H,5-6H2,1-4H3. The van der Waals surface area contributed by atoms with E-state index in [2.05, 4.69) is 0 Å². The molecule has 0 spiro atoms. The van der Waals surface area contributed by atoms with Crippen LogP contribution in [0.15, 0.2) is 12.1 Å². The lowest BCUT2D eigenvalue weighted by atomic mass is 9.97. The van der Waals surface area contributed by atoms with E-state index in [-0.39, 0.29) is 18.2 Å². The van der Waals surface area contributed by atoms with Crippen molar-refractivity contribution in [3.63, 3.8) is 0 Å². The van der Waals surface area contributed by atoms with Crippen molar-refractivity contribution >= 4 is 39.0 Å². The van der Waals surface area contributed by atoms with Gasteiger partial charge in [-0.15, -0.1) is 11.3 Å². The van der Waals surface area contributed by atoms with E-state index in [4.69, 9.17) is 4.74 Å². The van der Waals surface area contributed by atoms with Crippen LogP contribution in [0.3, 0.4) is 0 Å². The second-order valence-corrected chi connectivity index (χ2v) is 6.00. The van der Waals surface area contributed by atoms with Gasteiger partial charge in [-0.05, 0) is 38.5 Å². The highest BCUT2D eigenvalue weighted by Crippen LogP contribution is 2.37. The van der Waals surface area contributed by atoms with E-state index in [1.165, 1.54) is 18.3 Å². The van der Waals surface area contributed by atoms with Crippen LogP contribution in [0.25, 0.3) is 10.1 Å². The topological polar surface area (TPSA) is 60.4 Å². The lowest BCUT2D eigenvalue weighted by Gasteiger charge is -2.05. The summed E-state index contributed by atoms with van der Waals surface area (Å²) >= 11 is 1.22. The molecule has 22 heavy (non-hydrogen) atoms. The maximum atomic E-state index is 12.2. The number of hydrogen-bond donors (Lipinski definition) is 0. The van der Waals surface area contributed by atoms with Crippen molar-refractivity contribution in [1.82, 2.24) is 0 Å². The van der Waals surface area contributed by atoms with Gasteiger partial charge in [0.25, 0.3) is 0 Å². The minimum absolute atomic E-state index is 0.00332. The summed E-state index contributed by atoms with van der Waals surface area (Å²) in [6.45, 7) is 7.10. The van der Waals surface area contributed by atoms with Crippen molar-refractivity contribution in [3.8, 4) is 0 Å². The summed E-state index contributed by atoms with van der Waals surface area (Å²) < 4.78 is 5.75. The van der Waals surface area contributed by atoms with Crippen molar-refractivity contribution in [2.45, 2.75) is 34.1 Å². The number of ether oxygens (including phenoxy) is 1. The molecule has 5 heteroatoms. The number of rotatable bonds is 5. The van der Waals surface area contributed by atoms with Crippen molar-refractivity contribution in [1.29, 1.82) is 0 Å². The molecule has 0 N–H and O–H groups in total. The van der Waals surface area contributed by atoms with Crippen LogP contribution in [0.5, 0.6) is 0 Å². The molecule has 0 amide bonds. The Hall–Kier alpha value is -2.01. The van der Waals surface area contributed by atoms with E-state index >= 15 is 0 Å². The Morgan fingerprint density at radius 3 is 2.32 bits per heavy atom. The number of Topliss-reactive ketones (excluding diaryl/α,β-unsaturated/α-hetero) is 2. The average molecular weight is 318 g/mol. The molecule has 0 atom stereocenters. The van der Waals surface area contributed by atoms with E-state index in [9.17, 15) is 14.4 Å². The van der Waals surface area contributed by atoms with Crippen LogP contribution in [0, 0.1) is 6.92 Å². The van der Waals surface area contributed by atoms with Gasteiger partial charge >= 0.3 is 5.97 Å². The fourth-order valence-electron chi connectivity index (χ4n) is 2.44. The lowest BCUT2D eigenvalue weighted by Crippen LogP contribution is -2.04. The van der Waals surface area contributed by atoms with Crippen LogP contribution < -0.4 is 0 Å². The Morgan fingerprint density at radius 2 is 1.77 bits per heavy atom. The zero-order valence-electron chi connectivity index (χ0n) is 13.1. The molecule has 116 valence electrons. The third kappa shape index (κ3) is 2.68. The van der Waals surface area contributed by atoms with Gasteiger partial charge in [-0.2, -0.15) is 0 Å². The molecule has 0 unspecified atom stereocenters. The summed E-state index contributed by atoms with van der Waals surface area (Å²) in [6.07, 6.45) is 0.374. The molecule has 0 aliphatic rings. The summed E-state index contributed by atoms with van der Waals surface area (Å²) in [6, 6.07) is 3.35. The number of fused-ring (bicyclic) bond motifs is 1. The highest BCUT2D eigenvalue weighted by molar-refractivity contribution is 7.21. The van der Waals surface area contributed by atoms with Gasteiger partial charge in [0.05, 0.1) is 6.61 Å². The highest BCUT2D eigenvalue weighted by atomic mass is 32.1. The Labute approximate surface area is 133 Å². The van der Waals surface area contributed by atoms with Gasteiger partial charge in [0.1, 0.15) is 4.88 Å². The zero-order valence-corrected chi connectivity index (χ0v) is 13.9. The van der Waals surface area contributed by atoms with Crippen molar-refractivity contribution < 1.29 is 19.1 Å². The molecular formula is C17H18O4S. The molecule has 4 nitrogen and oxygen atoms in total. The van der Waals surface area contributed by atoms with Crippen LogP contribution in [0.4, 0.5) is 0 Å². The number of carbonyl (C=O) groups is 3. The summed E-state index contributed by atoms with van der Waals surface area (Å²) in [5, 5.41) is 0.701. The number of esters is 1. The van der Waals surface area contributed by atoms with Gasteiger partial charge in [-0.3, -0.25) is 9.59 Å². The smallest absolute Gasteiger partial charge is 0.348 e. The van der Waals surface area contributed by atoms with Gasteiger partial charge in [-0.1, -0.05) is 6.92 Å². The van der Waals surface area contributed by atoms with Gasteiger partial charge in [0, 0.05) is 27.6 Å². The van der Waals surface area contributed by atoms with E-state index < -0.39 is 5.97 Å². The van der Waals surface area contributed by atoms with E-state index in [0.29, 0.717) is 38.1 Å². The van der Waals surface area contributed by atoms with E-state index in [0.717, 1.165) is 0 Å². The molecule has 0 saturated carbocycles.